The van der Waals surface area contributed by atoms with E-state index in [0.717, 1.165) is 11.5 Å². The van der Waals surface area contributed by atoms with Crippen LogP contribution in [0.1, 0.15) is 20.8 Å². The number of sulfonamides is 1. The molecule has 2 rings (SSSR count). The van der Waals surface area contributed by atoms with Gasteiger partial charge in [-0.3, -0.25) is 0 Å². The highest BCUT2D eigenvalue weighted by atomic mass is 32.2. The smallest absolute Gasteiger partial charge is 0.314 e. The van der Waals surface area contributed by atoms with Gasteiger partial charge in [0.25, 0.3) is 4.34 Å². The summed E-state index contributed by atoms with van der Waals surface area (Å²) in [5.74, 6) is 1.14. The molecular formula is C15H19N3O4S2. The lowest BCUT2D eigenvalue weighted by atomic mass is 9.97. The fraction of sp³-hybridized carbons (Fsp3) is 0.400. The first-order valence-corrected chi connectivity index (χ1v) is 9.26. The summed E-state index contributed by atoms with van der Waals surface area (Å²) in [5, 5.41) is 0. The van der Waals surface area contributed by atoms with Crippen LogP contribution < -0.4 is 4.74 Å². The van der Waals surface area contributed by atoms with Gasteiger partial charge in [0, 0.05) is 22.5 Å². The number of rotatable bonds is 4. The third-order valence-electron chi connectivity index (χ3n) is 3.01. The van der Waals surface area contributed by atoms with E-state index >= 15 is 0 Å². The Bertz CT molecular complexity index is 834. The zero-order valence-electron chi connectivity index (χ0n) is 14.1. The van der Waals surface area contributed by atoms with Gasteiger partial charge in [0.05, 0.1) is 14.2 Å². The summed E-state index contributed by atoms with van der Waals surface area (Å²) in [4.78, 5) is 4.09. The van der Waals surface area contributed by atoms with Crippen LogP contribution in [0.2, 0.25) is 0 Å². The number of benzene rings is 1. The monoisotopic (exact) mass is 369 g/mol. The Morgan fingerprint density at radius 3 is 2.29 bits per heavy atom. The van der Waals surface area contributed by atoms with Crippen molar-refractivity contribution < 1.29 is 17.9 Å². The molecule has 0 saturated heterocycles. The molecule has 0 radical (unpaired) electrons. The average Bonchev–Trinajstić information content (AvgIpc) is 3.02. The van der Waals surface area contributed by atoms with Crippen molar-refractivity contribution in [3.8, 4) is 17.1 Å². The van der Waals surface area contributed by atoms with E-state index in [1.165, 1.54) is 7.11 Å². The van der Waals surface area contributed by atoms with Crippen molar-refractivity contribution >= 4 is 27.5 Å². The Morgan fingerprint density at radius 1 is 1.17 bits per heavy atom. The summed E-state index contributed by atoms with van der Waals surface area (Å²) < 4.78 is 42.7. The predicted molar refractivity (Wildman–Crippen MR) is 93.0 cm³/mol. The van der Waals surface area contributed by atoms with Crippen molar-refractivity contribution in [2.75, 3.05) is 14.2 Å². The number of methoxy groups -OCH3 is 2. The lowest BCUT2D eigenvalue weighted by Gasteiger charge is -2.18. The number of hydrogen-bond acceptors (Lipinski definition) is 7. The van der Waals surface area contributed by atoms with Crippen LogP contribution in [0, 0.1) is 5.41 Å². The first-order chi connectivity index (χ1) is 11.2. The van der Waals surface area contributed by atoms with E-state index in [1.807, 2.05) is 20.8 Å². The van der Waals surface area contributed by atoms with E-state index in [1.54, 1.807) is 31.4 Å². The molecule has 0 N–H and O–H groups in total. The summed E-state index contributed by atoms with van der Waals surface area (Å²) >= 11 is 0.781. The highest BCUT2D eigenvalue weighted by Gasteiger charge is 2.27. The molecule has 9 heteroatoms. The second-order valence-corrected chi connectivity index (χ2v) is 8.47. The van der Waals surface area contributed by atoms with Crippen LogP contribution in [0.25, 0.3) is 11.4 Å². The van der Waals surface area contributed by atoms with E-state index in [4.69, 9.17) is 9.47 Å². The summed E-state index contributed by atoms with van der Waals surface area (Å²) in [6.45, 7) is 5.44. The second-order valence-electron chi connectivity index (χ2n) is 5.94. The molecule has 24 heavy (non-hydrogen) atoms. The predicted octanol–water partition coefficient (Wildman–Crippen LogP) is 2.99. The molecule has 1 aromatic carbocycles. The molecule has 0 atom stereocenters. The van der Waals surface area contributed by atoms with Gasteiger partial charge < -0.3 is 9.47 Å². The third kappa shape index (κ3) is 4.09. The van der Waals surface area contributed by atoms with E-state index in [2.05, 4.69) is 13.8 Å². The van der Waals surface area contributed by atoms with Gasteiger partial charge in [-0.1, -0.05) is 20.8 Å². The summed E-state index contributed by atoms with van der Waals surface area (Å²) in [6, 6.07) is 7.03. The number of ether oxygens (including phenoxy) is 2. The Hall–Kier alpha value is -2.00. The third-order valence-corrected chi connectivity index (χ3v) is 5.32. The zero-order valence-corrected chi connectivity index (χ0v) is 15.7. The lowest BCUT2D eigenvalue weighted by Crippen LogP contribution is -2.23. The first kappa shape index (κ1) is 18.3. The van der Waals surface area contributed by atoms with Crippen molar-refractivity contribution in [1.29, 1.82) is 0 Å². The van der Waals surface area contributed by atoms with Gasteiger partial charge in [0.15, 0.2) is 5.82 Å². The lowest BCUT2D eigenvalue weighted by molar-refractivity contribution is 0.338. The topological polar surface area (TPSA) is 90.7 Å². The minimum Gasteiger partial charge on any atom is -0.497 e. The van der Waals surface area contributed by atoms with Gasteiger partial charge in [0.1, 0.15) is 5.75 Å². The molecule has 0 spiro atoms. The Balaban J connectivity index is 2.36. The van der Waals surface area contributed by atoms with Crippen molar-refractivity contribution in [1.82, 2.24) is 9.36 Å². The minimum atomic E-state index is -3.97. The Morgan fingerprint density at radius 2 is 1.79 bits per heavy atom. The van der Waals surface area contributed by atoms with Gasteiger partial charge in [-0.25, -0.2) is 4.98 Å². The second kappa shape index (κ2) is 6.86. The number of aromatic nitrogens is 2. The van der Waals surface area contributed by atoms with Gasteiger partial charge >= 0.3 is 10.0 Å². The molecule has 0 unspecified atom stereocenters. The Kier molecular flexibility index (Phi) is 5.24. The zero-order chi connectivity index (χ0) is 18.0. The van der Waals surface area contributed by atoms with Crippen LogP contribution in [0.4, 0.5) is 0 Å². The van der Waals surface area contributed by atoms with Crippen LogP contribution >= 0.6 is 11.5 Å². The maximum absolute atomic E-state index is 12.4. The molecule has 2 aromatic rings. The quantitative estimate of drug-likeness (QED) is 0.608. The average molecular weight is 369 g/mol. The highest BCUT2D eigenvalue weighted by molar-refractivity contribution is 7.92. The molecule has 1 aromatic heterocycles. The molecule has 130 valence electrons. The fourth-order valence-electron chi connectivity index (χ4n) is 1.80. The van der Waals surface area contributed by atoms with Gasteiger partial charge in [-0.15, -0.1) is 4.40 Å². The van der Waals surface area contributed by atoms with Crippen LogP contribution in [0.3, 0.4) is 0 Å². The SMILES string of the molecule is COC(=NS(=O)(=O)c1nc(-c2ccc(OC)cc2)ns1)C(C)(C)C. The van der Waals surface area contributed by atoms with Crippen molar-refractivity contribution in [2.45, 2.75) is 25.1 Å². The van der Waals surface area contributed by atoms with E-state index < -0.39 is 15.4 Å². The van der Waals surface area contributed by atoms with Crippen LogP contribution in [0.15, 0.2) is 33.0 Å². The van der Waals surface area contributed by atoms with Crippen molar-refractivity contribution in [2.24, 2.45) is 9.81 Å². The molecular weight excluding hydrogens is 350 g/mol. The molecule has 0 aliphatic carbocycles. The van der Waals surface area contributed by atoms with Crippen molar-refractivity contribution in [3.05, 3.63) is 24.3 Å². The standard InChI is InChI=1S/C15H19N3O4S2/c1-15(2,3)13(22-5)18-24(19,20)14-16-12(17-23-14)10-6-8-11(21-4)9-7-10/h6-9H,1-5H3. The molecule has 0 aliphatic heterocycles. The van der Waals surface area contributed by atoms with Gasteiger partial charge in [-0.2, -0.15) is 12.8 Å². The van der Waals surface area contributed by atoms with Crippen LogP contribution in [0.5, 0.6) is 5.75 Å². The Labute approximate surface area is 145 Å². The summed E-state index contributed by atoms with van der Waals surface area (Å²) in [7, 11) is -1.01. The van der Waals surface area contributed by atoms with E-state index in [-0.39, 0.29) is 10.2 Å². The van der Waals surface area contributed by atoms with Gasteiger partial charge in [0.2, 0.25) is 5.90 Å². The molecule has 0 saturated carbocycles. The minimum absolute atomic E-state index is 0.115. The maximum Gasteiger partial charge on any atom is 0.314 e. The van der Waals surface area contributed by atoms with Crippen molar-refractivity contribution in [3.63, 3.8) is 0 Å². The maximum atomic E-state index is 12.4. The molecule has 1 heterocycles. The van der Waals surface area contributed by atoms with Crippen LogP contribution in [-0.4, -0.2) is 37.9 Å². The fourth-order valence-corrected chi connectivity index (χ4v) is 3.69. The molecule has 0 amide bonds. The number of nitrogens with zero attached hydrogens (tertiary/aromatic N) is 3. The summed E-state index contributed by atoms with van der Waals surface area (Å²) in [6.07, 6.45) is 0. The highest BCUT2D eigenvalue weighted by Crippen LogP contribution is 2.25. The van der Waals surface area contributed by atoms with E-state index in [0.29, 0.717) is 17.1 Å². The number of hydrogen-bond donors (Lipinski definition) is 0. The molecule has 0 aliphatic rings. The molecule has 7 nitrogen and oxygen atoms in total. The van der Waals surface area contributed by atoms with E-state index in [9.17, 15) is 8.42 Å². The van der Waals surface area contributed by atoms with Gasteiger partial charge in [-0.05, 0) is 24.3 Å². The normalized spacial score (nSPS) is 13.0. The summed E-state index contributed by atoms with van der Waals surface area (Å²) in [5.41, 5.74) is 0.158. The first-order valence-electron chi connectivity index (χ1n) is 7.05. The largest absolute Gasteiger partial charge is 0.497 e. The van der Waals surface area contributed by atoms with Crippen LogP contribution in [-0.2, 0) is 14.8 Å². The molecule has 0 fully saturated rings. The molecule has 0 bridgehead atoms.